The van der Waals surface area contributed by atoms with E-state index in [4.69, 9.17) is 4.74 Å². The number of aromatic nitrogens is 1. The van der Waals surface area contributed by atoms with Crippen molar-refractivity contribution in [2.45, 2.75) is 32.7 Å². The number of aryl methyl sites for hydroxylation is 2. The van der Waals surface area contributed by atoms with Crippen LogP contribution in [0.15, 0.2) is 61.2 Å². The average molecular weight is 347 g/mol. The van der Waals surface area contributed by atoms with Gasteiger partial charge in [-0.05, 0) is 48.6 Å². The summed E-state index contributed by atoms with van der Waals surface area (Å²) < 4.78 is 7.16. The predicted molar refractivity (Wildman–Crippen MR) is 106 cm³/mol. The van der Waals surface area contributed by atoms with Crippen molar-refractivity contribution >= 4 is 16.9 Å². The number of benzene rings is 2. The van der Waals surface area contributed by atoms with Crippen LogP contribution in [-0.4, -0.2) is 17.6 Å². The van der Waals surface area contributed by atoms with Crippen molar-refractivity contribution in [1.82, 2.24) is 4.57 Å². The normalized spacial score (nSPS) is 10.8. The van der Waals surface area contributed by atoms with Crippen LogP contribution in [0.4, 0.5) is 0 Å². The Bertz CT molecular complexity index is 922. The molecule has 3 heteroatoms. The third-order valence-corrected chi connectivity index (χ3v) is 4.86. The molecule has 0 atom stereocenters. The molecule has 1 heterocycles. The second kappa shape index (κ2) is 8.05. The van der Waals surface area contributed by atoms with Crippen molar-refractivity contribution in [3.8, 4) is 0 Å². The number of hydrogen-bond donors (Lipinski definition) is 0. The van der Waals surface area contributed by atoms with E-state index in [-0.39, 0.29) is 5.97 Å². The summed E-state index contributed by atoms with van der Waals surface area (Å²) >= 11 is 0. The molecule has 0 aliphatic carbocycles. The summed E-state index contributed by atoms with van der Waals surface area (Å²) in [7, 11) is 1.44. The Morgan fingerprint density at radius 3 is 2.65 bits per heavy atom. The second-order valence-electron chi connectivity index (χ2n) is 6.56. The van der Waals surface area contributed by atoms with Gasteiger partial charge < -0.3 is 9.30 Å². The molecule has 26 heavy (non-hydrogen) atoms. The fraction of sp³-hybridized carbons (Fsp3) is 0.261. The topological polar surface area (TPSA) is 31.2 Å². The van der Waals surface area contributed by atoms with Crippen molar-refractivity contribution in [2.75, 3.05) is 7.11 Å². The summed E-state index contributed by atoms with van der Waals surface area (Å²) in [6.45, 7) is 6.85. The number of fused-ring (bicyclic) bond motifs is 1. The van der Waals surface area contributed by atoms with Gasteiger partial charge in [0.25, 0.3) is 0 Å². The molecule has 134 valence electrons. The number of ether oxygens (including phenoxy) is 1. The molecule has 0 unspecified atom stereocenters. The first-order chi connectivity index (χ1) is 12.6. The Morgan fingerprint density at radius 1 is 1.19 bits per heavy atom. The molecule has 3 rings (SSSR count). The highest BCUT2D eigenvalue weighted by Gasteiger charge is 2.14. The lowest BCUT2D eigenvalue weighted by atomic mass is 9.96. The highest BCUT2D eigenvalue weighted by Crippen LogP contribution is 2.28. The molecule has 1 aromatic heterocycles. The molecule has 0 N–H and O–H groups in total. The number of allylic oxidation sites excluding steroid dienone is 1. The maximum Gasteiger partial charge on any atom is 0.305 e. The molecule has 0 fully saturated rings. The summed E-state index contributed by atoms with van der Waals surface area (Å²) in [5, 5.41) is 1.22. The lowest BCUT2D eigenvalue weighted by molar-refractivity contribution is -0.140. The molecule has 0 amide bonds. The van der Waals surface area contributed by atoms with E-state index < -0.39 is 0 Å². The lowest BCUT2D eigenvalue weighted by Gasteiger charge is -2.12. The van der Waals surface area contributed by atoms with Crippen LogP contribution in [0.25, 0.3) is 10.9 Å². The minimum atomic E-state index is -0.174. The van der Waals surface area contributed by atoms with Gasteiger partial charge in [0.15, 0.2) is 0 Å². The van der Waals surface area contributed by atoms with Gasteiger partial charge in [0.2, 0.25) is 0 Å². The zero-order chi connectivity index (χ0) is 18.5. The number of methoxy groups -OCH3 is 1. The van der Waals surface area contributed by atoms with Gasteiger partial charge in [0.05, 0.1) is 7.11 Å². The van der Waals surface area contributed by atoms with E-state index in [0.717, 1.165) is 13.0 Å². The summed E-state index contributed by atoms with van der Waals surface area (Å²) in [5.74, 6) is -0.174. The van der Waals surface area contributed by atoms with E-state index in [9.17, 15) is 4.79 Å². The summed E-state index contributed by atoms with van der Waals surface area (Å²) in [6, 6.07) is 17.1. The Balaban J connectivity index is 2.05. The fourth-order valence-electron chi connectivity index (χ4n) is 3.52. The van der Waals surface area contributed by atoms with Crippen LogP contribution in [0.3, 0.4) is 0 Å². The van der Waals surface area contributed by atoms with Crippen molar-refractivity contribution in [1.29, 1.82) is 0 Å². The first-order valence-corrected chi connectivity index (χ1v) is 8.96. The second-order valence-corrected chi connectivity index (χ2v) is 6.56. The molecule has 3 aromatic rings. The third-order valence-electron chi connectivity index (χ3n) is 4.86. The minimum Gasteiger partial charge on any atom is -0.469 e. The maximum atomic E-state index is 11.7. The van der Waals surface area contributed by atoms with Gasteiger partial charge in [-0.1, -0.05) is 42.5 Å². The molecule has 0 saturated heterocycles. The van der Waals surface area contributed by atoms with Crippen molar-refractivity contribution in [2.24, 2.45) is 0 Å². The lowest BCUT2D eigenvalue weighted by Crippen LogP contribution is -2.05. The zero-order valence-electron chi connectivity index (χ0n) is 15.5. The van der Waals surface area contributed by atoms with Gasteiger partial charge in [0.1, 0.15) is 0 Å². The van der Waals surface area contributed by atoms with Gasteiger partial charge in [-0.3, -0.25) is 4.79 Å². The molecule has 0 radical (unpaired) electrons. The Hall–Kier alpha value is -2.81. The Labute approximate surface area is 154 Å². The van der Waals surface area contributed by atoms with E-state index in [1.165, 1.54) is 40.4 Å². The van der Waals surface area contributed by atoms with E-state index in [1.807, 2.05) is 12.1 Å². The van der Waals surface area contributed by atoms with E-state index in [0.29, 0.717) is 12.8 Å². The quantitative estimate of drug-likeness (QED) is 0.453. The standard InChI is InChI=1S/C23H25NO2/c1-4-8-19-11-13-22-21(20(19)12-14-23(25)26-3)15-17(2)24(22)16-18-9-6-5-7-10-18/h4-7,9-11,13,15H,1,8,12,14,16H2,2-3H3. The Morgan fingerprint density at radius 2 is 1.96 bits per heavy atom. The van der Waals surface area contributed by atoms with Crippen molar-refractivity contribution in [3.05, 3.63) is 83.6 Å². The molecule has 0 aliphatic heterocycles. The molecule has 3 nitrogen and oxygen atoms in total. The average Bonchev–Trinajstić information content (AvgIpc) is 2.97. The van der Waals surface area contributed by atoms with E-state index in [1.54, 1.807) is 0 Å². The molecule has 0 bridgehead atoms. The smallest absolute Gasteiger partial charge is 0.305 e. The molecule has 0 aliphatic rings. The maximum absolute atomic E-state index is 11.7. The number of carbonyl (C=O) groups is 1. The molecular formula is C23H25NO2. The number of hydrogen-bond acceptors (Lipinski definition) is 2. The first-order valence-electron chi connectivity index (χ1n) is 8.96. The largest absolute Gasteiger partial charge is 0.469 e. The minimum absolute atomic E-state index is 0.174. The molecular weight excluding hydrogens is 322 g/mol. The van der Waals surface area contributed by atoms with Crippen LogP contribution in [0.1, 0.15) is 28.8 Å². The van der Waals surface area contributed by atoms with Gasteiger partial charge in [-0.2, -0.15) is 0 Å². The van der Waals surface area contributed by atoms with E-state index >= 15 is 0 Å². The Kier molecular flexibility index (Phi) is 5.57. The summed E-state index contributed by atoms with van der Waals surface area (Å²) in [4.78, 5) is 11.7. The fourth-order valence-corrected chi connectivity index (χ4v) is 3.52. The molecule has 0 saturated carbocycles. The SMILES string of the molecule is C=CCc1ccc2c(cc(C)n2Cc2ccccc2)c1CCC(=O)OC. The van der Waals surface area contributed by atoms with Gasteiger partial charge in [0, 0.05) is 29.6 Å². The van der Waals surface area contributed by atoms with Crippen LogP contribution >= 0.6 is 0 Å². The number of carbonyl (C=O) groups excluding carboxylic acids is 1. The van der Waals surface area contributed by atoms with Gasteiger partial charge in [-0.25, -0.2) is 0 Å². The van der Waals surface area contributed by atoms with Gasteiger partial charge >= 0.3 is 5.97 Å². The summed E-state index contributed by atoms with van der Waals surface area (Å²) in [5.41, 5.74) is 6.16. The molecule has 0 spiro atoms. The summed E-state index contributed by atoms with van der Waals surface area (Å²) in [6.07, 6.45) is 3.79. The van der Waals surface area contributed by atoms with Crippen LogP contribution in [0.5, 0.6) is 0 Å². The van der Waals surface area contributed by atoms with Crippen molar-refractivity contribution < 1.29 is 9.53 Å². The van der Waals surface area contributed by atoms with E-state index in [2.05, 4.69) is 60.5 Å². The number of esters is 1. The zero-order valence-corrected chi connectivity index (χ0v) is 15.5. The number of rotatable bonds is 7. The third kappa shape index (κ3) is 3.72. The first kappa shape index (κ1) is 18.0. The van der Waals surface area contributed by atoms with Crippen LogP contribution < -0.4 is 0 Å². The monoisotopic (exact) mass is 347 g/mol. The number of nitrogens with zero attached hydrogens (tertiary/aromatic N) is 1. The van der Waals surface area contributed by atoms with Crippen LogP contribution in [0.2, 0.25) is 0 Å². The predicted octanol–water partition coefficient (Wildman–Crippen LogP) is 4.83. The van der Waals surface area contributed by atoms with Crippen LogP contribution in [-0.2, 0) is 28.9 Å². The van der Waals surface area contributed by atoms with Gasteiger partial charge in [-0.15, -0.1) is 6.58 Å². The van der Waals surface area contributed by atoms with Crippen LogP contribution in [0, 0.1) is 6.92 Å². The highest BCUT2D eigenvalue weighted by atomic mass is 16.5. The van der Waals surface area contributed by atoms with Crippen molar-refractivity contribution in [3.63, 3.8) is 0 Å². The molecule has 2 aromatic carbocycles. The highest BCUT2D eigenvalue weighted by molar-refractivity contribution is 5.86.